The summed E-state index contributed by atoms with van der Waals surface area (Å²) in [6.45, 7) is 6.11. The van der Waals surface area contributed by atoms with Crippen molar-refractivity contribution in [1.82, 2.24) is 9.88 Å². The molecular weight excluding hydrogens is 340 g/mol. The maximum atomic E-state index is 12.7. The zero-order chi connectivity index (χ0) is 19.0. The Balaban J connectivity index is 1.88. The highest BCUT2D eigenvalue weighted by Crippen LogP contribution is 2.36. The minimum atomic E-state index is -0.0702. The molecule has 5 nitrogen and oxygen atoms in total. The third-order valence-electron chi connectivity index (χ3n) is 4.60. The van der Waals surface area contributed by atoms with Crippen LogP contribution in [-0.2, 0) is 0 Å². The first-order chi connectivity index (χ1) is 13.0. The molecule has 0 saturated carbocycles. The van der Waals surface area contributed by atoms with Crippen LogP contribution in [0.2, 0.25) is 0 Å². The SMILES string of the molecule is Cc1c(C(=O)NC(C)C)cc(-c2ccccc2)n1-c1ccc2c(c1)OCO2. The van der Waals surface area contributed by atoms with Gasteiger partial charge < -0.3 is 19.4 Å². The lowest BCUT2D eigenvalue weighted by molar-refractivity contribution is 0.0942. The quantitative estimate of drug-likeness (QED) is 0.752. The number of nitrogens with zero attached hydrogens (tertiary/aromatic N) is 1. The number of aromatic nitrogens is 1. The largest absolute Gasteiger partial charge is 0.454 e. The number of amides is 1. The molecular formula is C22H22N2O3. The lowest BCUT2D eigenvalue weighted by atomic mass is 10.1. The van der Waals surface area contributed by atoms with Crippen molar-refractivity contribution in [3.05, 3.63) is 65.9 Å². The number of carbonyl (C=O) groups excluding carboxylic acids is 1. The van der Waals surface area contributed by atoms with Gasteiger partial charge in [-0.1, -0.05) is 30.3 Å². The van der Waals surface area contributed by atoms with Gasteiger partial charge >= 0.3 is 0 Å². The zero-order valence-electron chi connectivity index (χ0n) is 15.7. The van der Waals surface area contributed by atoms with Crippen LogP contribution in [-0.4, -0.2) is 23.3 Å². The van der Waals surface area contributed by atoms with Gasteiger partial charge in [-0.05, 0) is 44.5 Å². The van der Waals surface area contributed by atoms with Crippen molar-refractivity contribution in [2.75, 3.05) is 6.79 Å². The number of carbonyl (C=O) groups is 1. The highest BCUT2D eigenvalue weighted by molar-refractivity contribution is 5.97. The summed E-state index contributed by atoms with van der Waals surface area (Å²) in [4.78, 5) is 12.7. The van der Waals surface area contributed by atoms with Crippen LogP contribution in [0.25, 0.3) is 16.9 Å². The standard InChI is InChI=1S/C22H22N2O3/c1-14(2)23-22(25)18-12-19(16-7-5-4-6-8-16)24(15(18)3)17-9-10-20-21(11-17)27-13-26-20/h4-12,14H,13H2,1-3H3,(H,23,25). The second-order valence-electron chi connectivity index (χ2n) is 6.90. The normalized spacial score (nSPS) is 12.4. The number of ether oxygens (including phenoxy) is 2. The van der Waals surface area contributed by atoms with E-state index in [-0.39, 0.29) is 18.7 Å². The summed E-state index contributed by atoms with van der Waals surface area (Å²) in [6, 6.07) is 17.9. The highest BCUT2D eigenvalue weighted by atomic mass is 16.7. The molecule has 1 aliphatic heterocycles. The summed E-state index contributed by atoms with van der Waals surface area (Å²) < 4.78 is 13.1. The van der Waals surface area contributed by atoms with Crippen LogP contribution in [0.1, 0.15) is 29.9 Å². The van der Waals surface area contributed by atoms with E-state index in [1.807, 2.05) is 75.4 Å². The van der Waals surface area contributed by atoms with Crippen molar-refractivity contribution in [3.63, 3.8) is 0 Å². The monoisotopic (exact) mass is 362 g/mol. The molecule has 0 saturated heterocycles. The van der Waals surface area contributed by atoms with Crippen LogP contribution < -0.4 is 14.8 Å². The topological polar surface area (TPSA) is 52.5 Å². The van der Waals surface area contributed by atoms with Gasteiger partial charge in [-0.15, -0.1) is 0 Å². The first-order valence-electron chi connectivity index (χ1n) is 9.03. The lowest BCUT2D eigenvalue weighted by Crippen LogP contribution is -2.30. The molecule has 2 heterocycles. The Morgan fingerprint density at radius 2 is 1.78 bits per heavy atom. The number of rotatable bonds is 4. The Morgan fingerprint density at radius 1 is 1.04 bits per heavy atom. The smallest absolute Gasteiger partial charge is 0.253 e. The molecule has 1 aromatic heterocycles. The van der Waals surface area contributed by atoms with Crippen molar-refractivity contribution >= 4 is 5.91 Å². The molecule has 138 valence electrons. The van der Waals surface area contributed by atoms with Crippen LogP contribution >= 0.6 is 0 Å². The average molecular weight is 362 g/mol. The second-order valence-corrected chi connectivity index (χ2v) is 6.90. The van der Waals surface area contributed by atoms with Gasteiger partial charge in [0.05, 0.1) is 11.3 Å². The van der Waals surface area contributed by atoms with E-state index in [9.17, 15) is 4.79 Å². The molecule has 1 N–H and O–H groups in total. The molecule has 0 atom stereocenters. The van der Waals surface area contributed by atoms with Gasteiger partial charge in [-0.25, -0.2) is 0 Å². The molecule has 3 aromatic rings. The zero-order valence-corrected chi connectivity index (χ0v) is 15.7. The highest BCUT2D eigenvalue weighted by Gasteiger charge is 2.22. The van der Waals surface area contributed by atoms with Gasteiger partial charge in [0.1, 0.15) is 0 Å². The molecule has 0 bridgehead atoms. The molecule has 0 spiro atoms. The Labute approximate surface area is 158 Å². The molecule has 4 rings (SSSR count). The minimum absolute atomic E-state index is 0.0702. The fraction of sp³-hybridized carbons (Fsp3) is 0.227. The third kappa shape index (κ3) is 3.16. The van der Waals surface area contributed by atoms with Crippen molar-refractivity contribution in [1.29, 1.82) is 0 Å². The molecule has 0 aliphatic carbocycles. The Bertz CT molecular complexity index is 990. The van der Waals surface area contributed by atoms with Crippen molar-refractivity contribution in [3.8, 4) is 28.4 Å². The van der Waals surface area contributed by atoms with Gasteiger partial charge in [0, 0.05) is 23.5 Å². The van der Waals surface area contributed by atoms with Crippen molar-refractivity contribution in [2.45, 2.75) is 26.8 Å². The summed E-state index contributed by atoms with van der Waals surface area (Å²) in [5, 5.41) is 2.99. The number of hydrogen-bond acceptors (Lipinski definition) is 3. The number of nitrogens with one attached hydrogen (secondary N) is 1. The predicted octanol–water partition coefficient (Wildman–Crippen LogP) is 4.32. The summed E-state index contributed by atoms with van der Waals surface area (Å²) >= 11 is 0. The number of benzene rings is 2. The van der Waals surface area contributed by atoms with Gasteiger partial charge in [-0.3, -0.25) is 4.79 Å². The molecule has 0 fully saturated rings. The Hall–Kier alpha value is -3.21. The van der Waals surface area contributed by atoms with E-state index in [4.69, 9.17) is 9.47 Å². The van der Waals surface area contributed by atoms with Crippen LogP contribution in [0, 0.1) is 6.92 Å². The number of fused-ring (bicyclic) bond motifs is 1. The predicted molar refractivity (Wildman–Crippen MR) is 105 cm³/mol. The first-order valence-corrected chi connectivity index (χ1v) is 9.03. The van der Waals surface area contributed by atoms with Gasteiger partial charge in [0.15, 0.2) is 11.5 Å². The first kappa shape index (κ1) is 17.2. The summed E-state index contributed by atoms with van der Waals surface area (Å²) in [7, 11) is 0. The maximum Gasteiger partial charge on any atom is 0.253 e. The van der Waals surface area contributed by atoms with Crippen LogP contribution in [0.5, 0.6) is 11.5 Å². The third-order valence-corrected chi connectivity index (χ3v) is 4.60. The number of hydrogen-bond donors (Lipinski definition) is 1. The van der Waals surface area contributed by atoms with Crippen LogP contribution in [0.3, 0.4) is 0 Å². The van der Waals surface area contributed by atoms with Crippen molar-refractivity contribution in [2.24, 2.45) is 0 Å². The molecule has 5 heteroatoms. The van der Waals surface area contributed by atoms with Gasteiger partial charge in [0.25, 0.3) is 5.91 Å². The molecule has 27 heavy (non-hydrogen) atoms. The Kier molecular flexibility index (Phi) is 4.36. The maximum absolute atomic E-state index is 12.7. The van der Waals surface area contributed by atoms with Gasteiger partial charge in [0.2, 0.25) is 6.79 Å². The summed E-state index contributed by atoms with van der Waals surface area (Å²) in [6.07, 6.45) is 0. The fourth-order valence-corrected chi connectivity index (χ4v) is 3.36. The van der Waals surface area contributed by atoms with E-state index in [0.717, 1.165) is 28.4 Å². The second kappa shape index (κ2) is 6.83. The minimum Gasteiger partial charge on any atom is -0.454 e. The van der Waals surface area contributed by atoms with E-state index in [0.29, 0.717) is 11.3 Å². The summed E-state index contributed by atoms with van der Waals surface area (Å²) in [5.74, 6) is 1.38. The molecule has 0 radical (unpaired) electrons. The van der Waals surface area contributed by atoms with E-state index in [1.54, 1.807) is 0 Å². The Morgan fingerprint density at radius 3 is 2.52 bits per heavy atom. The molecule has 2 aromatic carbocycles. The molecule has 1 aliphatic rings. The molecule has 1 amide bonds. The van der Waals surface area contributed by atoms with E-state index >= 15 is 0 Å². The van der Waals surface area contributed by atoms with E-state index < -0.39 is 0 Å². The van der Waals surface area contributed by atoms with Crippen LogP contribution in [0.4, 0.5) is 0 Å². The van der Waals surface area contributed by atoms with E-state index in [2.05, 4.69) is 9.88 Å². The van der Waals surface area contributed by atoms with Crippen molar-refractivity contribution < 1.29 is 14.3 Å². The fourth-order valence-electron chi connectivity index (χ4n) is 3.36. The lowest BCUT2D eigenvalue weighted by Gasteiger charge is -2.13. The average Bonchev–Trinajstić information content (AvgIpc) is 3.25. The summed E-state index contributed by atoms with van der Waals surface area (Å²) in [5.41, 5.74) is 4.48. The molecule has 0 unspecified atom stereocenters. The van der Waals surface area contributed by atoms with Crippen LogP contribution in [0.15, 0.2) is 54.6 Å². The van der Waals surface area contributed by atoms with Gasteiger partial charge in [-0.2, -0.15) is 0 Å². The van der Waals surface area contributed by atoms with E-state index in [1.165, 1.54) is 0 Å².